The number of hydrogen-bond acceptors (Lipinski definition) is 3. The number of aryl methyl sites for hydroxylation is 2. The van der Waals surface area contributed by atoms with E-state index in [-0.39, 0.29) is 5.91 Å². The van der Waals surface area contributed by atoms with Crippen LogP contribution < -0.4 is 11.1 Å². The summed E-state index contributed by atoms with van der Waals surface area (Å²) in [5.41, 5.74) is 9.77. The Balaban J connectivity index is 2.05. The van der Waals surface area contributed by atoms with Crippen molar-refractivity contribution in [1.82, 2.24) is 10.3 Å². The minimum atomic E-state index is -0.165. The van der Waals surface area contributed by atoms with E-state index >= 15 is 0 Å². The number of anilines is 1. The van der Waals surface area contributed by atoms with Gasteiger partial charge >= 0.3 is 0 Å². The Labute approximate surface area is 112 Å². The number of hydrogen-bond donors (Lipinski definition) is 2. The summed E-state index contributed by atoms with van der Waals surface area (Å²) in [6.07, 6.45) is 1.76. The molecule has 1 amide bonds. The van der Waals surface area contributed by atoms with Crippen molar-refractivity contribution in [3.8, 4) is 0 Å². The molecule has 1 heterocycles. The number of rotatable bonds is 3. The van der Waals surface area contributed by atoms with Crippen molar-refractivity contribution < 1.29 is 4.79 Å². The number of para-hydroxylation sites is 1. The Morgan fingerprint density at radius 3 is 2.74 bits per heavy atom. The van der Waals surface area contributed by atoms with E-state index in [4.69, 9.17) is 5.73 Å². The zero-order chi connectivity index (χ0) is 13.8. The molecular formula is C15H17N3O. The second kappa shape index (κ2) is 5.52. The molecule has 1 aromatic carbocycles. The van der Waals surface area contributed by atoms with Crippen molar-refractivity contribution in [2.75, 3.05) is 5.73 Å². The summed E-state index contributed by atoms with van der Waals surface area (Å²) < 4.78 is 0. The van der Waals surface area contributed by atoms with Crippen LogP contribution in [0.15, 0.2) is 36.5 Å². The van der Waals surface area contributed by atoms with Crippen LogP contribution in [-0.2, 0) is 6.54 Å². The van der Waals surface area contributed by atoms with Gasteiger partial charge in [-0.2, -0.15) is 0 Å². The summed E-state index contributed by atoms with van der Waals surface area (Å²) >= 11 is 0. The Morgan fingerprint density at radius 1 is 1.26 bits per heavy atom. The first-order valence-corrected chi connectivity index (χ1v) is 6.13. The second-order valence-electron chi connectivity index (χ2n) is 4.53. The van der Waals surface area contributed by atoms with Gasteiger partial charge < -0.3 is 11.1 Å². The molecule has 0 aliphatic heterocycles. The summed E-state index contributed by atoms with van der Waals surface area (Å²) in [5.74, 6) is -0.165. The Morgan fingerprint density at radius 2 is 2.05 bits per heavy atom. The third kappa shape index (κ3) is 3.10. The van der Waals surface area contributed by atoms with Crippen LogP contribution in [0.3, 0.4) is 0 Å². The summed E-state index contributed by atoms with van der Waals surface area (Å²) in [7, 11) is 0. The highest BCUT2D eigenvalue weighted by molar-refractivity contribution is 5.99. The van der Waals surface area contributed by atoms with Gasteiger partial charge in [-0.05, 0) is 37.1 Å². The summed E-state index contributed by atoms with van der Waals surface area (Å²) in [6.45, 7) is 4.26. The number of nitrogens with zero attached hydrogens (tertiary/aromatic N) is 1. The maximum atomic E-state index is 12.0. The predicted octanol–water partition coefficient (Wildman–Crippen LogP) is 2.21. The van der Waals surface area contributed by atoms with E-state index in [0.29, 0.717) is 17.8 Å². The maximum absolute atomic E-state index is 12.0. The molecule has 0 aliphatic carbocycles. The molecule has 0 atom stereocenters. The lowest BCUT2D eigenvalue weighted by molar-refractivity contribution is 0.0951. The number of amides is 1. The van der Waals surface area contributed by atoms with Gasteiger partial charge in [-0.1, -0.05) is 18.2 Å². The lowest BCUT2D eigenvalue weighted by Crippen LogP contribution is -2.24. The standard InChI is InChI=1S/C15H17N3O/c1-10-4-3-5-13(14(10)16)15(19)18-9-12-7-6-11(2)17-8-12/h3-8H,9,16H2,1-2H3,(H,18,19). The molecule has 3 N–H and O–H groups in total. The molecule has 0 saturated carbocycles. The Hall–Kier alpha value is -2.36. The van der Waals surface area contributed by atoms with Crippen LogP contribution in [0.2, 0.25) is 0 Å². The van der Waals surface area contributed by atoms with E-state index in [1.807, 2.05) is 38.1 Å². The monoisotopic (exact) mass is 255 g/mol. The topological polar surface area (TPSA) is 68.0 Å². The molecule has 4 heteroatoms. The molecule has 98 valence electrons. The highest BCUT2D eigenvalue weighted by Crippen LogP contribution is 2.16. The number of carbonyl (C=O) groups excluding carboxylic acids is 1. The van der Waals surface area contributed by atoms with Crippen molar-refractivity contribution in [3.63, 3.8) is 0 Å². The van der Waals surface area contributed by atoms with Crippen LogP contribution in [0.5, 0.6) is 0 Å². The van der Waals surface area contributed by atoms with Gasteiger partial charge in [0.15, 0.2) is 0 Å². The highest BCUT2D eigenvalue weighted by atomic mass is 16.1. The van der Waals surface area contributed by atoms with Gasteiger partial charge in [0, 0.05) is 24.1 Å². The molecule has 1 aromatic heterocycles. The van der Waals surface area contributed by atoms with Crippen LogP contribution in [0.1, 0.15) is 27.2 Å². The molecule has 0 unspecified atom stereocenters. The van der Waals surface area contributed by atoms with Crippen molar-refractivity contribution in [2.45, 2.75) is 20.4 Å². The fraction of sp³-hybridized carbons (Fsp3) is 0.200. The SMILES string of the molecule is Cc1ccc(CNC(=O)c2cccc(C)c2N)cn1. The van der Waals surface area contributed by atoms with Crippen molar-refractivity contribution in [1.29, 1.82) is 0 Å². The third-order valence-electron chi connectivity index (χ3n) is 2.99. The highest BCUT2D eigenvalue weighted by Gasteiger charge is 2.10. The molecule has 0 spiro atoms. The number of nitrogens with two attached hydrogens (primary N) is 1. The normalized spacial score (nSPS) is 10.2. The van der Waals surface area contributed by atoms with Crippen LogP contribution in [0.25, 0.3) is 0 Å². The minimum Gasteiger partial charge on any atom is -0.398 e. The zero-order valence-corrected chi connectivity index (χ0v) is 11.1. The molecular weight excluding hydrogens is 238 g/mol. The van der Waals surface area contributed by atoms with Crippen LogP contribution >= 0.6 is 0 Å². The number of nitrogens with one attached hydrogen (secondary N) is 1. The van der Waals surface area contributed by atoms with Gasteiger partial charge in [0.25, 0.3) is 5.91 Å². The van der Waals surface area contributed by atoms with Gasteiger partial charge in [-0.15, -0.1) is 0 Å². The van der Waals surface area contributed by atoms with E-state index in [0.717, 1.165) is 16.8 Å². The minimum absolute atomic E-state index is 0.165. The van der Waals surface area contributed by atoms with Crippen LogP contribution in [0, 0.1) is 13.8 Å². The van der Waals surface area contributed by atoms with E-state index < -0.39 is 0 Å². The molecule has 0 fully saturated rings. The van der Waals surface area contributed by atoms with E-state index in [9.17, 15) is 4.79 Å². The maximum Gasteiger partial charge on any atom is 0.253 e. The van der Waals surface area contributed by atoms with E-state index in [1.165, 1.54) is 0 Å². The van der Waals surface area contributed by atoms with Gasteiger partial charge in [-0.3, -0.25) is 9.78 Å². The number of benzene rings is 1. The fourth-order valence-corrected chi connectivity index (χ4v) is 1.76. The first kappa shape index (κ1) is 13.1. The molecule has 0 saturated heterocycles. The van der Waals surface area contributed by atoms with Crippen molar-refractivity contribution in [3.05, 3.63) is 58.9 Å². The molecule has 2 rings (SSSR count). The third-order valence-corrected chi connectivity index (χ3v) is 2.99. The first-order valence-electron chi connectivity index (χ1n) is 6.13. The number of carbonyl (C=O) groups is 1. The molecule has 4 nitrogen and oxygen atoms in total. The summed E-state index contributed by atoms with van der Waals surface area (Å²) in [4.78, 5) is 16.2. The second-order valence-corrected chi connectivity index (χ2v) is 4.53. The van der Waals surface area contributed by atoms with Gasteiger partial charge in [0.1, 0.15) is 0 Å². The Kier molecular flexibility index (Phi) is 3.80. The lowest BCUT2D eigenvalue weighted by Gasteiger charge is -2.09. The van der Waals surface area contributed by atoms with Crippen molar-refractivity contribution in [2.24, 2.45) is 0 Å². The van der Waals surface area contributed by atoms with Crippen molar-refractivity contribution >= 4 is 11.6 Å². The molecule has 2 aromatic rings. The molecule has 0 radical (unpaired) electrons. The average molecular weight is 255 g/mol. The Bertz CT molecular complexity index is 591. The largest absolute Gasteiger partial charge is 0.398 e. The van der Waals surface area contributed by atoms with Gasteiger partial charge in [0.05, 0.1) is 5.56 Å². The zero-order valence-electron chi connectivity index (χ0n) is 11.1. The first-order chi connectivity index (χ1) is 9.08. The molecule has 0 aliphatic rings. The number of aromatic nitrogens is 1. The number of nitrogen functional groups attached to an aromatic ring is 1. The molecule has 0 bridgehead atoms. The fourth-order valence-electron chi connectivity index (χ4n) is 1.76. The average Bonchev–Trinajstić information content (AvgIpc) is 2.41. The van der Waals surface area contributed by atoms with E-state index in [2.05, 4.69) is 10.3 Å². The van der Waals surface area contributed by atoms with E-state index in [1.54, 1.807) is 12.3 Å². The summed E-state index contributed by atoms with van der Waals surface area (Å²) in [5, 5.41) is 2.84. The predicted molar refractivity (Wildman–Crippen MR) is 75.7 cm³/mol. The molecule has 19 heavy (non-hydrogen) atoms. The number of pyridine rings is 1. The lowest BCUT2D eigenvalue weighted by atomic mass is 10.1. The smallest absolute Gasteiger partial charge is 0.253 e. The summed E-state index contributed by atoms with van der Waals surface area (Å²) in [6, 6.07) is 9.31. The van der Waals surface area contributed by atoms with Gasteiger partial charge in [0.2, 0.25) is 0 Å². The van der Waals surface area contributed by atoms with Crippen LogP contribution in [0.4, 0.5) is 5.69 Å². The van der Waals surface area contributed by atoms with Crippen LogP contribution in [-0.4, -0.2) is 10.9 Å². The quantitative estimate of drug-likeness (QED) is 0.826. The van der Waals surface area contributed by atoms with Gasteiger partial charge in [-0.25, -0.2) is 0 Å².